The molecule has 0 atom stereocenters. The van der Waals surface area contributed by atoms with Crippen LogP contribution in [0.25, 0.3) is 0 Å². The minimum absolute atomic E-state index is 0.703. The predicted octanol–water partition coefficient (Wildman–Crippen LogP) is 1.67. The lowest BCUT2D eigenvalue weighted by molar-refractivity contribution is 0.547. The van der Waals surface area contributed by atoms with Gasteiger partial charge in [-0.15, -0.1) is 0 Å². The van der Waals surface area contributed by atoms with E-state index < -0.39 is 0 Å². The molecule has 0 fully saturated rings. The summed E-state index contributed by atoms with van der Waals surface area (Å²) in [5.41, 5.74) is 5.37. The molecule has 0 saturated heterocycles. The molecule has 2 N–H and O–H groups in total. The molecule has 1 rings (SSSR count). The Morgan fingerprint density at radius 3 is 2.83 bits per heavy atom. The normalized spacial score (nSPS) is 10.5. The molecule has 4 heteroatoms. The van der Waals surface area contributed by atoms with Crippen LogP contribution in [0, 0.1) is 0 Å². The molecule has 0 radical (unpaired) electrons. The van der Waals surface area contributed by atoms with Crippen LogP contribution < -0.4 is 5.73 Å². The summed E-state index contributed by atoms with van der Waals surface area (Å²) in [6.45, 7) is 1.71. The number of halogens is 1. The molecule has 68 valence electrons. The maximum absolute atomic E-state index is 5.70. The van der Waals surface area contributed by atoms with E-state index in [9.17, 15) is 0 Å². The molecular formula is C8H14ClN3. The van der Waals surface area contributed by atoms with E-state index in [-0.39, 0.29) is 0 Å². The molecule has 0 saturated carbocycles. The van der Waals surface area contributed by atoms with Crippen molar-refractivity contribution in [2.75, 3.05) is 6.54 Å². The van der Waals surface area contributed by atoms with E-state index in [0.29, 0.717) is 5.02 Å². The third-order valence-electron chi connectivity index (χ3n) is 1.69. The fourth-order valence-corrected chi connectivity index (χ4v) is 1.21. The standard InChI is InChI=1S/C8H14ClN3/c9-8-6-11-12(7-8)5-3-1-2-4-10/h6-7H,1-5,10H2. The Balaban J connectivity index is 2.15. The minimum atomic E-state index is 0.703. The summed E-state index contributed by atoms with van der Waals surface area (Å²) in [5, 5.41) is 4.77. The van der Waals surface area contributed by atoms with E-state index in [0.717, 1.165) is 32.4 Å². The molecule has 1 heterocycles. The Morgan fingerprint density at radius 2 is 2.25 bits per heavy atom. The molecule has 0 aromatic carbocycles. The summed E-state index contributed by atoms with van der Waals surface area (Å²) in [6, 6.07) is 0. The smallest absolute Gasteiger partial charge is 0.0785 e. The van der Waals surface area contributed by atoms with Gasteiger partial charge in [0.05, 0.1) is 11.2 Å². The first-order chi connectivity index (χ1) is 5.83. The molecule has 0 aliphatic rings. The van der Waals surface area contributed by atoms with Crippen molar-refractivity contribution in [2.45, 2.75) is 25.8 Å². The van der Waals surface area contributed by atoms with Gasteiger partial charge in [0.2, 0.25) is 0 Å². The summed E-state index contributed by atoms with van der Waals surface area (Å²) in [6.07, 6.45) is 6.87. The van der Waals surface area contributed by atoms with Gasteiger partial charge in [-0.3, -0.25) is 4.68 Å². The van der Waals surface area contributed by atoms with Gasteiger partial charge < -0.3 is 5.73 Å². The Bertz CT molecular complexity index is 222. The lowest BCUT2D eigenvalue weighted by atomic mass is 10.2. The van der Waals surface area contributed by atoms with Gasteiger partial charge in [-0.1, -0.05) is 18.0 Å². The summed E-state index contributed by atoms with van der Waals surface area (Å²) in [5.74, 6) is 0. The number of aryl methyl sites for hydroxylation is 1. The average molecular weight is 188 g/mol. The summed E-state index contributed by atoms with van der Waals surface area (Å²) < 4.78 is 1.86. The zero-order valence-corrected chi connectivity index (χ0v) is 7.80. The van der Waals surface area contributed by atoms with Crippen molar-refractivity contribution in [3.05, 3.63) is 17.4 Å². The van der Waals surface area contributed by atoms with Crippen LogP contribution in [0.4, 0.5) is 0 Å². The van der Waals surface area contributed by atoms with Gasteiger partial charge in [-0.05, 0) is 19.4 Å². The molecule has 0 unspecified atom stereocenters. The average Bonchev–Trinajstić information content (AvgIpc) is 2.45. The lowest BCUT2D eigenvalue weighted by Gasteiger charge is -1.99. The van der Waals surface area contributed by atoms with E-state index >= 15 is 0 Å². The number of nitrogens with zero attached hydrogens (tertiary/aromatic N) is 2. The third kappa shape index (κ3) is 3.24. The minimum Gasteiger partial charge on any atom is -0.330 e. The molecule has 1 aromatic heterocycles. The molecule has 1 aromatic rings. The molecule has 0 bridgehead atoms. The van der Waals surface area contributed by atoms with Crippen molar-refractivity contribution in [2.24, 2.45) is 5.73 Å². The van der Waals surface area contributed by atoms with Crippen molar-refractivity contribution < 1.29 is 0 Å². The Kier molecular flexibility index (Phi) is 4.11. The second-order valence-corrected chi connectivity index (χ2v) is 3.21. The van der Waals surface area contributed by atoms with Gasteiger partial charge >= 0.3 is 0 Å². The van der Waals surface area contributed by atoms with Crippen molar-refractivity contribution in [1.29, 1.82) is 0 Å². The zero-order chi connectivity index (χ0) is 8.81. The van der Waals surface area contributed by atoms with Gasteiger partial charge in [0, 0.05) is 12.7 Å². The first kappa shape index (κ1) is 9.55. The van der Waals surface area contributed by atoms with E-state index in [2.05, 4.69) is 5.10 Å². The largest absolute Gasteiger partial charge is 0.330 e. The first-order valence-corrected chi connectivity index (χ1v) is 4.59. The zero-order valence-electron chi connectivity index (χ0n) is 7.04. The number of aromatic nitrogens is 2. The highest BCUT2D eigenvalue weighted by atomic mass is 35.5. The number of hydrogen-bond acceptors (Lipinski definition) is 2. The topological polar surface area (TPSA) is 43.8 Å². The monoisotopic (exact) mass is 187 g/mol. The van der Waals surface area contributed by atoms with Crippen LogP contribution in [0.5, 0.6) is 0 Å². The van der Waals surface area contributed by atoms with Crippen LogP contribution in [-0.4, -0.2) is 16.3 Å². The van der Waals surface area contributed by atoms with Crippen LogP contribution >= 0.6 is 11.6 Å². The summed E-state index contributed by atoms with van der Waals surface area (Å²) in [7, 11) is 0. The quantitative estimate of drug-likeness (QED) is 0.713. The van der Waals surface area contributed by atoms with E-state index in [1.807, 2.05) is 10.9 Å². The molecule has 3 nitrogen and oxygen atoms in total. The SMILES string of the molecule is NCCCCCn1cc(Cl)cn1. The fraction of sp³-hybridized carbons (Fsp3) is 0.625. The highest BCUT2D eigenvalue weighted by Crippen LogP contribution is 2.05. The molecule has 0 aliphatic heterocycles. The Labute approximate surface area is 77.5 Å². The highest BCUT2D eigenvalue weighted by molar-refractivity contribution is 6.30. The Hall–Kier alpha value is -0.540. The molecule has 12 heavy (non-hydrogen) atoms. The maximum atomic E-state index is 5.70. The number of unbranched alkanes of at least 4 members (excludes halogenated alkanes) is 2. The van der Waals surface area contributed by atoms with Gasteiger partial charge in [-0.25, -0.2) is 0 Å². The predicted molar refractivity (Wildman–Crippen MR) is 50.1 cm³/mol. The molecule has 0 spiro atoms. The number of rotatable bonds is 5. The van der Waals surface area contributed by atoms with Crippen LogP contribution in [-0.2, 0) is 6.54 Å². The second kappa shape index (κ2) is 5.17. The molecular weight excluding hydrogens is 174 g/mol. The van der Waals surface area contributed by atoms with Crippen molar-refractivity contribution in [3.63, 3.8) is 0 Å². The second-order valence-electron chi connectivity index (χ2n) is 2.77. The van der Waals surface area contributed by atoms with Crippen molar-refractivity contribution >= 4 is 11.6 Å². The van der Waals surface area contributed by atoms with Crippen LogP contribution in [0.3, 0.4) is 0 Å². The van der Waals surface area contributed by atoms with Gasteiger partial charge in [0.25, 0.3) is 0 Å². The van der Waals surface area contributed by atoms with Gasteiger partial charge in [0.15, 0.2) is 0 Å². The highest BCUT2D eigenvalue weighted by Gasteiger charge is 1.94. The van der Waals surface area contributed by atoms with E-state index in [4.69, 9.17) is 17.3 Å². The fourth-order valence-electron chi connectivity index (χ4n) is 1.06. The summed E-state index contributed by atoms with van der Waals surface area (Å²) >= 11 is 5.70. The molecule has 0 aliphatic carbocycles. The van der Waals surface area contributed by atoms with Gasteiger partial charge in [-0.2, -0.15) is 5.10 Å². The summed E-state index contributed by atoms with van der Waals surface area (Å²) in [4.78, 5) is 0. The van der Waals surface area contributed by atoms with E-state index in [1.54, 1.807) is 6.20 Å². The van der Waals surface area contributed by atoms with Crippen LogP contribution in [0.2, 0.25) is 5.02 Å². The Morgan fingerprint density at radius 1 is 1.42 bits per heavy atom. The third-order valence-corrected chi connectivity index (χ3v) is 1.89. The number of nitrogens with two attached hydrogens (primary N) is 1. The van der Waals surface area contributed by atoms with Crippen LogP contribution in [0.15, 0.2) is 12.4 Å². The van der Waals surface area contributed by atoms with Crippen molar-refractivity contribution in [1.82, 2.24) is 9.78 Å². The lowest BCUT2D eigenvalue weighted by Crippen LogP contribution is -2.01. The van der Waals surface area contributed by atoms with E-state index in [1.165, 1.54) is 0 Å². The van der Waals surface area contributed by atoms with Crippen LogP contribution in [0.1, 0.15) is 19.3 Å². The maximum Gasteiger partial charge on any atom is 0.0785 e. The number of hydrogen-bond donors (Lipinski definition) is 1. The molecule has 0 amide bonds. The first-order valence-electron chi connectivity index (χ1n) is 4.21. The van der Waals surface area contributed by atoms with Crippen molar-refractivity contribution in [3.8, 4) is 0 Å². The van der Waals surface area contributed by atoms with Gasteiger partial charge in [0.1, 0.15) is 0 Å².